The van der Waals surface area contributed by atoms with Gasteiger partial charge in [0.15, 0.2) is 10.2 Å². The Hall–Kier alpha value is -3.82. The second-order valence-corrected chi connectivity index (χ2v) is 7.49. The quantitative estimate of drug-likeness (QED) is 0.211. The number of para-hydroxylation sites is 2. The van der Waals surface area contributed by atoms with Gasteiger partial charge in [0.1, 0.15) is 5.75 Å². The third kappa shape index (κ3) is 7.15. The molecule has 0 aliphatic heterocycles. The molecule has 0 spiro atoms. The third-order valence-corrected chi connectivity index (χ3v) is 4.50. The van der Waals surface area contributed by atoms with Crippen LogP contribution in [-0.4, -0.2) is 27.8 Å². The van der Waals surface area contributed by atoms with E-state index in [2.05, 4.69) is 31.7 Å². The molecule has 5 N–H and O–H groups in total. The van der Waals surface area contributed by atoms with Crippen LogP contribution in [0.3, 0.4) is 0 Å². The first-order valence-electron chi connectivity index (χ1n) is 9.65. The largest absolute Gasteiger partial charge is 0.507 e. The minimum Gasteiger partial charge on any atom is -0.507 e. The standard InChI is InChI=1S/C23H22N6OS2/c1-16-12-17(14-24-28-22(31)26-19-8-4-2-5-9-19)21(30)18(13-16)15-25-29-23(32)27-20-10-6-3-7-11-20/h2-15,30H,1H3,(H2,26,28,31)(H2,27,29,32)/b24-14-,25-15?. The number of phenols is 1. The van der Waals surface area contributed by atoms with Crippen LogP contribution in [0.2, 0.25) is 0 Å². The van der Waals surface area contributed by atoms with Crippen LogP contribution in [-0.2, 0) is 0 Å². The average molecular weight is 463 g/mol. The molecule has 32 heavy (non-hydrogen) atoms. The highest BCUT2D eigenvalue weighted by Crippen LogP contribution is 2.21. The van der Waals surface area contributed by atoms with E-state index in [1.165, 1.54) is 12.4 Å². The highest BCUT2D eigenvalue weighted by atomic mass is 32.1. The Balaban J connectivity index is 1.59. The topological polar surface area (TPSA) is 93.1 Å². The molecule has 7 nitrogen and oxygen atoms in total. The maximum absolute atomic E-state index is 10.6. The van der Waals surface area contributed by atoms with Crippen LogP contribution in [0.25, 0.3) is 0 Å². The smallest absolute Gasteiger partial charge is 0.191 e. The zero-order chi connectivity index (χ0) is 22.8. The van der Waals surface area contributed by atoms with E-state index < -0.39 is 0 Å². The lowest BCUT2D eigenvalue weighted by molar-refractivity contribution is 0.473. The van der Waals surface area contributed by atoms with Crippen LogP contribution < -0.4 is 21.5 Å². The number of thiocarbonyl (C=S) groups is 2. The summed E-state index contributed by atoms with van der Waals surface area (Å²) in [7, 11) is 0. The Morgan fingerprint density at radius 3 is 1.56 bits per heavy atom. The summed E-state index contributed by atoms with van der Waals surface area (Å²) in [5.41, 5.74) is 9.14. The number of rotatable bonds is 6. The fourth-order valence-electron chi connectivity index (χ4n) is 2.71. The summed E-state index contributed by atoms with van der Waals surface area (Å²) in [5, 5.41) is 25.5. The van der Waals surface area contributed by atoms with E-state index in [9.17, 15) is 5.11 Å². The summed E-state index contributed by atoms with van der Waals surface area (Å²) in [4.78, 5) is 0. The molecule has 3 rings (SSSR count). The van der Waals surface area contributed by atoms with E-state index in [4.69, 9.17) is 24.4 Å². The molecule has 0 aromatic heterocycles. The molecule has 3 aromatic rings. The lowest BCUT2D eigenvalue weighted by atomic mass is 10.1. The molecule has 162 valence electrons. The highest BCUT2D eigenvalue weighted by Gasteiger charge is 2.06. The Labute approximate surface area is 197 Å². The van der Waals surface area contributed by atoms with Gasteiger partial charge in [0.25, 0.3) is 0 Å². The summed E-state index contributed by atoms with van der Waals surface area (Å²) in [6.07, 6.45) is 2.99. The molecule has 0 radical (unpaired) electrons. The highest BCUT2D eigenvalue weighted by molar-refractivity contribution is 7.80. The van der Waals surface area contributed by atoms with E-state index in [-0.39, 0.29) is 5.75 Å². The van der Waals surface area contributed by atoms with Crippen molar-refractivity contribution in [2.24, 2.45) is 10.2 Å². The fraction of sp³-hybridized carbons (Fsp3) is 0.0435. The van der Waals surface area contributed by atoms with Gasteiger partial charge >= 0.3 is 0 Å². The lowest BCUT2D eigenvalue weighted by Crippen LogP contribution is -2.24. The number of hydrogen-bond acceptors (Lipinski definition) is 5. The zero-order valence-corrected chi connectivity index (χ0v) is 18.9. The number of aryl methyl sites for hydroxylation is 1. The molecular formula is C23H22N6OS2. The minimum absolute atomic E-state index is 0.0376. The van der Waals surface area contributed by atoms with E-state index >= 15 is 0 Å². The Bertz CT molecular complexity index is 1050. The van der Waals surface area contributed by atoms with E-state index in [0.29, 0.717) is 21.4 Å². The van der Waals surface area contributed by atoms with Crippen LogP contribution >= 0.6 is 24.4 Å². The molecule has 3 aromatic carbocycles. The van der Waals surface area contributed by atoms with E-state index in [0.717, 1.165) is 16.9 Å². The summed E-state index contributed by atoms with van der Waals surface area (Å²) in [6, 6.07) is 22.6. The molecule has 0 aliphatic rings. The molecule has 0 heterocycles. The van der Waals surface area contributed by atoms with Gasteiger partial charge in [-0.3, -0.25) is 10.9 Å². The van der Waals surface area contributed by atoms with Gasteiger partial charge in [0.05, 0.1) is 12.4 Å². The molecule has 0 saturated heterocycles. The number of nitrogens with zero attached hydrogens (tertiary/aromatic N) is 2. The van der Waals surface area contributed by atoms with Gasteiger partial charge < -0.3 is 15.7 Å². The van der Waals surface area contributed by atoms with Crippen molar-refractivity contribution in [2.45, 2.75) is 6.92 Å². The summed E-state index contributed by atoms with van der Waals surface area (Å²) in [6.45, 7) is 1.91. The summed E-state index contributed by atoms with van der Waals surface area (Å²) in [5.74, 6) is 0.0376. The van der Waals surface area contributed by atoms with Gasteiger partial charge in [-0.2, -0.15) is 10.2 Å². The number of phenolic OH excluding ortho intramolecular Hbond substituents is 1. The third-order valence-electron chi connectivity index (χ3n) is 4.12. The molecule has 0 saturated carbocycles. The number of benzene rings is 3. The maximum atomic E-state index is 10.6. The summed E-state index contributed by atoms with van der Waals surface area (Å²) < 4.78 is 0. The van der Waals surface area contributed by atoms with Crippen molar-refractivity contribution < 1.29 is 5.11 Å². The fourth-order valence-corrected chi connectivity index (χ4v) is 3.06. The van der Waals surface area contributed by atoms with Gasteiger partial charge in [0.2, 0.25) is 0 Å². The monoisotopic (exact) mass is 462 g/mol. The number of hydrogen-bond donors (Lipinski definition) is 5. The van der Waals surface area contributed by atoms with Crippen LogP contribution in [0.15, 0.2) is 83.0 Å². The summed E-state index contributed by atoms with van der Waals surface area (Å²) >= 11 is 10.4. The van der Waals surface area contributed by atoms with Crippen molar-refractivity contribution in [1.82, 2.24) is 10.9 Å². The average Bonchev–Trinajstić information content (AvgIpc) is 2.78. The Morgan fingerprint density at radius 2 is 1.16 bits per heavy atom. The van der Waals surface area contributed by atoms with E-state index in [1.807, 2.05) is 67.6 Å². The first-order valence-corrected chi connectivity index (χ1v) is 10.5. The van der Waals surface area contributed by atoms with Crippen LogP contribution in [0, 0.1) is 6.92 Å². The molecule has 0 aliphatic carbocycles. The molecule has 0 atom stereocenters. The number of aromatic hydroxyl groups is 1. The first-order chi connectivity index (χ1) is 15.5. The lowest BCUT2D eigenvalue weighted by Gasteiger charge is -2.08. The molecule has 0 unspecified atom stereocenters. The van der Waals surface area contributed by atoms with Crippen molar-refractivity contribution in [2.75, 3.05) is 10.6 Å². The van der Waals surface area contributed by atoms with E-state index in [1.54, 1.807) is 12.1 Å². The van der Waals surface area contributed by atoms with Crippen LogP contribution in [0.1, 0.15) is 16.7 Å². The number of hydrazone groups is 2. The first kappa shape index (κ1) is 22.9. The van der Waals surface area contributed by atoms with Crippen molar-refractivity contribution in [3.63, 3.8) is 0 Å². The van der Waals surface area contributed by atoms with Crippen molar-refractivity contribution in [3.05, 3.63) is 89.5 Å². The van der Waals surface area contributed by atoms with Crippen molar-refractivity contribution in [1.29, 1.82) is 0 Å². The Morgan fingerprint density at radius 1 is 0.750 bits per heavy atom. The molecule has 9 heteroatoms. The molecule has 0 bridgehead atoms. The predicted molar refractivity (Wildman–Crippen MR) is 140 cm³/mol. The molecular weight excluding hydrogens is 440 g/mol. The SMILES string of the molecule is Cc1cc(C=NNC(=S)Nc2ccccc2)c(O)c(/C=N\NC(=S)Nc2ccccc2)c1. The molecule has 0 amide bonds. The van der Waals surface area contributed by atoms with Crippen LogP contribution in [0.5, 0.6) is 5.75 Å². The van der Waals surface area contributed by atoms with Gasteiger partial charge in [-0.1, -0.05) is 36.4 Å². The molecule has 0 fully saturated rings. The van der Waals surface area contributed by atoms with Crippen molar-refractivity contribution in [3.8, 4) is 5.75 Å². The van der Waals surface area contributed by atoms with Gasteiger partial charge in [0, 0.05) is 22.5 Å². The van der Waals surface area contributed by atoms with Gasteiger partial charge in [-0.25, -0.2) is 0 Å². The van der Waals surface area contributed by atoms with Gasteiger partial charge in [-0.05, 0) is 73.3 Å². The number of anilines is 2. The Kier molecular flexibility index (Phi) is 8.24. The zero-order valence-electron chi connectivity index (χ0n) is 17.2. The number of nitrogens with one attached hydrogen (secondary N) is 4. The predicted octanol–water partition coefficient (Wildman–Crippen LogP) is 4.34. The van der Waals surface area contributed by atoms with Crippen LogP contribution in [0.4, 0.5) is 11.4 Å². The van der Waals surface area contributed by atoms with Crippen molar-refractivity contribution >= 4 is 58.5 Å². The second-order valence-electron chi connectivity index (χ2n) is 6.67. The maximum Gasteiger partial charge on any atom is 0.191 e. The normalized spacial score (nSPS) is 10.8. The van der Waals surface area contributed by atoms with Gasteiger partial charge in [-0.15, -0.1) is 0 Å². The second kappa shape index (κ2) is 11.5. The minimum atomic E-state index is 0.0376.